The van der Waals surface area contributed by atoms with Crippen LogP contribution in [0.25, 0.3) is 16.5 Å². The molecule has 1 amide bonds. The topological polar surface area (TPSA) is 76.1 Å². The van der Waals surface area contributed by atoms with Crippen molar-refractivity contribution in [1.82, 2.24) is 4.90 Å². The van der Waals surface area contributed by atoms with Gasteiger partial charge in [-0.3, -0.25) is 9.59 Å². The number of aliphatic hydroxyl groups is 1. The van der Waals surface area contributed by atoms with Gasteiger partial charge in [0.15, 0.2) is 0 Å². The molecule has 4 rings (SSSR count). The molecule has 1 aliphatic rings. The molecule has 0 aromatic heterocycles. The molecule has 3 aromatic rings. The van der Waals surface area contributed by atoms with Crippen LogP contribution in [-0.4, -0.2) is 48.6 Å². The van der Waals surface area contributed by atoms with Gasteiger partial charge in [-0.25, -0.2) is 0 Å². The van der Waals surface area contributed by atoms with E-state index in [1.165, 1.54) is 4.90 Å². The normalized spacial score (nSPS) is 17.5. The smallest absolute Gasteiger partial charge is 0.295 e. The molecule has 0 saturated carbocycles. The van der Waals surface area contributed by atoms with Crippen LogP contribution in [0.5, 0.6) is 5.75 Å². The van der Waals surface area contributed by atoms with Crippen molar-refractivity contribution in [1.29, 1.82) is 0 Å². The average Bonchev–Trinajstić information content (AvgIpc) is 3.10. The summed E-state index contributed by atoms with van der Waals surface area (Å²) in [5, 5.41) is 13.6. The van der Waals surface area contributed by atoms with E-state index in [1.54, 1.807) is 25.3 Å². The summed E-state index contributed by atoms with van der Waals surface area (Å²) in [6, 6.07) is 17.6. The van der Waals surface area contributed by atoms with Crippen LogP contribution in [0, 0.1) is 0 Å². The molecule has 1 atom stereocenters. The number of nitrogens with zero attached hydrogens (tertiary/aromatic N) is 1. The maximum Gasteiger partial charge on any atom is 0.295 e. The lowest BCUT2D eigenvalue weighted by molar-refractivity contribution is -0.140. The number of halogens is 1. The average molecular weight is 480 g/mol. The van der Waals surface area contributed by atoms with Gasteiger partial charge in [0, 0.05) is 25.8 Å². The van der Waals surface area contributed by atoms with Crippen molar-refractivity contribution >= 4 is 39.8 Å². The predicted molar refractivity (Wildman–Crippen MR) is 132 cm³/mol. The molecule has 1 saturated heterocycles. The zero-order chi connectivity index (χ0) is 24.2. The second-order valence-corrected chi connectivity index (χ2v) is 8.39. The van der Waals surface area contributed by atoms with Gasteiger partial charge in [-0.2, -0.15) is 0 Å². The summed E-state index contributed by atoms with van der Waals surface area (Å²) in [6.45, 7) is 2.98. The van der Waals surface area contributed by atoms with E-state index in [1.807, 2.05) is 49.4 Å². The quantitative estimate of drug-likeness (QED) is 0.204. The first-order valence-electron chi connectivity index (χ1n) is 11.2. The van der Waals surface area contributed by atoms with Crippen LogP contribution in [-0.2, 0) is 14.3 Å². The lowest BCUT2D eigenvalue weighted by atomic mass is 9.91. The molecule has 1 N–H and O–H groups in total. The van der Waals surface area contributed by atoms with Crippen molar-refractivity contribution in [3.8, 4) is 5.75 Å². The highest BCUT2D eigenvalue weighted by Gasteiger charge is 2.46. The fraction of sp³-hybridized carbons (Fsp3) is 0.259. The number of carbonyl (C=O) groups is 2. The molecule has 0 aliphatic carbocycles. The van der Waals surface area contributed by atoms with Crippen LogP contribution >= 0.6 is 11.6 Å². The second kappa shape index (κ2) is 10.3. The molecule has 1 fully saturated rings. The Morgan fingerprint density at radius 3 is 2.62 bits per heavy atom. The zero-order valence-corrected chi connectivity index (χ0v) is 19.8. The SMILES string of the molecule is CCOc1cc(/C(O)=C2/C(=O)C(=O)N(CCCOC)C2c2cccc3ccccc23)ccc1Cl. The highest BCUT2D eigenvalue weighted by atomic mass is 35.5. The zero-order valence-electron chi connectivity index (χ0n) is 19.1. The molecule has 34 heavy (non-hydrogen) atoms. The first-order chi connectivity index (χ1) is 16.5. The maximum atomic E-state index is 13.3. The summed E-state index contributed by atoms with van der Waals surface area (Å²) < 4.78 is 10.7. The van der Waals surface area contributed by atoms with Gasteiger partial charge in [-0.05, 0) is 47.9 Å². The van der Waals surface area contributed by atoms with E-state index in [-0.39, 0.29) is 11.3 Å². The summed E-state index contributed by atoms with van der Waals surface area (Å²) in [5.74, 6) is -1.23. The minimum atomic E-state index is -0.742. The van der Waals surface area contributed by atoms with E-state index in [2.05, 4.69) is 0 Å². The highest BCUT2D eigenvalue weighted by Crippen LogP contribution is 2.42. The fourth-order valence-electron chi connectivity index (χ4n) is 4.37. The number of carbonyl (C=O) groups excluding carboxylic acids is 2. The van der Waals surface area contributed by atoms with Gasteiger partial charge in [0.05, 0.1) is 23.2 Å². The van der Waals surface area contributed by atoms with Crippen LogP contribution in [0.1, 0.15) is 30.5 Å². The first-order valence-corrected chi connectivity index (χ1v) is 11.5. The van der Waals surface area contributed by atoms with Crippen LogP contribution in [0.2, 0.25) is 5.02 Å². The molecule has 1 heterocycles. The number of likely N-dealkylation sites (tertiary alicyclic amines) is 1. The van der Waals surface area contributed by atoms with E-state index in [0.717, 1.165) is 16.3 Å². The largest absolute Gasteiger partial charge is 0.507 e. The van der Waals surface area contributed by atoms with Gasteiger partial charge in [-0.1, -0.05) is 54.1 Å². The van der Waals surface area contributed by atoms with Gasteiger partial charge in [0.25, 0.3) is 11.7 Å². The lowest BCUT2D eigenvalue weighted by Gasteiger charge is -2.26. The minimum absolute atomic E-state index is 0.0449. The van der Waals surface area contributed by atoms with Crippen molar-refractivity contribution in [2.24, 2.45) is 0 Å². The number of hydrogen-bond acceptors (Lipinski definition) is 5. The third-order valence-corrected chi connectivity index (χ3v) is 6.22. The number of fused-ring (bicyclic) bond motifs is 1. The number of aliphatic hydroxyl groups excluding tert-OH is 1. The van der Waals surface area contributed by atoms with Crippen molar-refractivity contribution in [2.75, 3.05) is 26.9 Å². The van der Waals surface area contributed by atoms with E-state index >= 15 is 0 Å². The summed E-state index contributed by atoms with van der Waals surface area (Å²) in [7, 11) is 1.59. The van der Waals surface area contributed by atoms with E-state index in [0.29, 0.717) is 42.5 Å². The Morgan fingerprint density at radius 1 is 1.09 bits per heavy atom. The van der Waals surface area contributed by atoms with Crippen molar-refractivity contribution < 1.29 is 24.2 Å². The Labute approximate surface area is 203 Å². The van der Waals surface area contributed by atoms with Crippen LogP contribution < -0.4 is 4.74 Å². The fourth-order valence-corrected chi connectivity index (χ4v) is 4.55. The summed E-state index contributed by atoms with van der Waals surface area (Å²) in [6.07, 6.45) is 0.556. The number of hydrogen-bond donors (Lipinski definition) is 1. The maximum absolute atomic E-state index is 13.3. The second-order valence-electron chi connectivity index (χ2n) is 7.99. The number of amides is 1. The van der Waals surface area contributed by atoms with Crippen molar-refractivity contribution in [3.05, 3.63) is 82.4 Å². The molecular weight excluding hydrogens is 454 g/mol. The molecule has 0 radical (unpaired) electrons. The van der Waals surface area contributed by atoms with Crippen LogP contribution in [0.15, 0.2) is 66.2 Å². The molecule has 176 valence electrons. The van der Waals surface area contributed by atoms with Crippen molar-refractivity contribution in [2.45, 2.75) is 19.4 Å². The number of benzene rings is 3. The van der Waals surface area contributed by atoms with E-state index in [9.17, 15) is 14.7 Å². The number of Topliss-reactive ketones (excluding diaryl/α,β-unsaturated/α-hetero) is 1. The molecule has 7 heteroatoms. The summed E-state index contributed by atoms with van der Waals surface area (Å²) >= 11 is 6.21. The summed E-state index contributed by atoms with van der Waals surface area (Å²) in [4.78, 5) is 27.9. The summed E-state index contributed by atoms with van der Waals surface area (Å²) in [5.41, 5.74) is 1.17. The number of methoxy groups -OCH3 is 1. The number of ether oxygens (including phenoxy) is 2. The Balaban J connectivity index is 1.91. The molecule has 1 unspecified atom stereocenters. The third kappa shape index (κ3) is 4.39. The van der Waals surface area contributed by atoms with Crippen LogP contribution in [0.3, 0.4) is 0 Å². The standard InChI is InChI=1S/C27H26ClNO5/c1-3-34-22-16-18(12-13-21(22)28)25(30)23-24(29(14-7-15-33-2)27(32)26(23)31)20-11-6-9-17-8-4-5-10-19(17)20/h4-6,8-13,16,24,30H,3,7,14-15H2,1-2H3/b25-23-. The molecule has 0 spiro atoms. The van der Waals surface area contributed by atoms with Crippen molar-refractivity contribution in [3.63, 3.8) is 0 Å². The Kier molecular flexibility index (Phi) is 7.20. The van der Waals surface area contributed by atoms with Gasteiger partial charge in [-0.15, -0.1) is 0 Å². The number of rotatable bonds is 8. The first kappa shape index (κ1) is 23.8. The van der Waals surface area contributed by atoms with Gasteiger partial charge in [0.1, 0.15) is 11.5 Å². The van der Waals surface area contributed by atoms with Gasteiger partial charge < -0.3 is 19.5 Å². The monoisotopic (exact) mass is 479 g/mol. The van der Waals surface area contributed by atoms with E-state index in [4.69, 9.17) is 21.1 Å². The third-order valence-electron chi connectivity index (χ3n) is 5.91. The molecule has 3 aromatic carbocycles. The Hall–Kier alpha value is -3.35. The Bertz CT molecular complexity index is 1260. The predicted octanol–water partition coefficient (Wildman–Crippen LogP) is 5.35. The van der Waals surface area contributed by atoms with E-state index < -0.39 is 17.7 Å². The molecular formula is C27H26ClNO5. The number of ketones is 1. The molecule has 6 nitrogen and oxygen atoms in total. The minimum Gasteiger partial charge on any atom is -0.507 e. The molecule has 1 aliphatic heterocycles. The molecule has 0 bridgehead atoms. The van der Waals surface area contributed by atoms with Gasteiger partial charge >= 0.3 is 0 Å². The van der Waals surface area contributed by atoms with Crippen LogP contribution in [0.4, 0.5) is 0 Å². The highest BCUT2D eigenvalue weighted by molar-refractivity contribution is 6.46. The Morgan fingerprint density at radius 2 is 1.85 bits per heavy atom. The lowest BCUT2D eigenvalue weighted by Crippen LogP contribution is -2.31. The van der Waals surface area contributed by atoms with Gasteiger partial charge in [0.2, 0.25) is 0 Å².